The first kappa shape index (κ1) is 11.1. The fourth-order valence-corrected chi connectivity index (χ4v) is 1.46. The average molecular weight is 220 g/mol. The number of ether oxygens (including phenoxy) is 2. The van der Waals surface area contributed by atoms with Crippen LogP contribution >= 0.6 is 0 Å². The van der Waals surface area contributed by atoms with Crippen LogP contribution in [0, 0.1) is 5.92 Å². The predicted molar refractivity (Wildman–Crippen MR) is 60.9 cm³/mol. The van der Waals surface area contributed by atoms with Crippen LogP contribution in [0.3, 0.4) is 0 Å². The van der Waals surface area contributed by atoms with Crippen LogP contribution in [-0.4, -0.2) is 26.1 Å². The van der Waals surface area contributed by atoms with Crippen LogP contribution in [0.2, 0.25) is 0 Å². The molecule has 1 aromatic carbocycles. The van der Waals surface area contributed by atoms with Crippen LogP contribution in [0.4, 0.5) is 0 Å². The third kappa shape index (κ3) is 3.07. The molecule has 0 heterocycles. The van der Waals surface area contributed by atoms with Crippen molar-refractivity contribution in [2.75, 3.05) is 20.3 Å². The van der Waals surface area contributed by atoms with Crippen molar-refractivity contribution in [2.24, 2.45) is 5.92 Å². The van der Waals surface area contributed by atoms with E-state index in [1.54, 1.807) is 31.4 Å². The average Bonchev–Trinajstić information content (AvgIpc) is 3.13. The Labute approximate surface area is 95.4 Å². The smallest absolute Gasteiger partial charge is 0.188 e. The van der Waals surface area contributed by atoms with Gasteiger partial charge in [-0.05, 0) is 43.0 Å². The van der Waals surface area contributed by atoms with Gasteiger partial charge in [0.1, 0.15) is 12.4 Å². The standard InChI is InChI=1S/C13H16O3/c1-15-12-6-4-11(5-7-12)13(14)9-16-8-10-2-3-10/h4-7,10H,2-3,8-9H2,1H3. The van der Waals surface area contributed by atoms with Crippen molar-refractivity contribution in [1.82, 2.24) is 0 Å². The molecule has 0 aliphatic heterocycles. The summed E-state index contributed by atoms with van der Waals surface area (Å²) in [5.74, 6) is 1.49. The minimum atomic E-state index is 0.0308. The minimum Gasteiger partial charge on any atom is -0.497 e. The highest BCUT2D eigenvalue weighted by Crippen LogP contribution is 2.28. The summed E-state index contributed by atoms with van der Waals surface area (Å²) in [5.41, 5.74) is 0.677. The van der Waals surface area contributed by atoms with Gasteiger partial charge in [0.05, 0.1) is 13.7 Å². The lowest BCUT2D eigenvalue weighted by molar-refractivity contribution is 0.0740. The molecule has 0 saturated heterocycles. The van der Waals surface area contributed by atoms with Gasteiger partial charge in [0.2, 0.25) is 0 Å². The molecule has 1 aliphatic carbocycles. The van der Waals surface area contributed by atoms with E-state index >= 15 is 0 Å². The maximum absolute atomic E-state index is 11.7. The topological polar surface area (TPSA) is 35.5 Å². The van der Waals surface area contributed by atoms with Crippen molar-refractivity contribution >= 4 is 5.78 Å². The Morgan fingerprint density at radius 3 is 2.56 bits per heavy atom. The molecular formula is C13H16O3. The molecule has 16 heavy (non-hydrogen) atoms. The highest BCUT2D eigenvalue weighted by Gasteiger charge is 2.21. The molecule has 1 fully saturated rings. The lowest BCUT2D eigenvalue weighted by Crippen LogP contribution is -2.10. The third-order valence-corrected chi connectivity index (χ3v) is 2.70. The zero-order valence-corrected chi connectivity index (χ0v) is 9.44. The summed E-state index contributed by atoms with van der Waals surface area (Å²) >= 11 is 0. The zero-order chi connectivity index (χ0) is 11.4. The number of hydrogen-bond acceptors (Lipinski definition) is 3. The van der Waals surface area contributed by atoms with Crippen LogP contribution in [0.1, 0.15) is 23.2 Å². The van der Waals surface area contributed by atoms with E-state index in [1.165, 1.54) is 12.8 Å². The molecule has 0 radical (unpaired) electrons. The Kier molecular flexibility index (Phi) is 3.57. The van der Waals surface area contributed by atoms with Crippen molar-refractivity contribution in [3.05, 3.63) is 29.8 Å². The van der Waals surface area contributed by atoms with E-state index in [4.69, 9.17) is 9.47 Å². The molecule has 0 N–H and O–H groups in total. The number of hydrogen-bond donors (Lipinski definition) is 0. The van der Waals surface area contributed by atoms with Gasteiger partial charge in [-0.25, -0.2) is 0 Å². The summed E-state index contributed by atoms with van der Waals surface area (Å²) in [6.07, 6.45) is 2.49. The normalized spacial score (nSPS) is 14.8. The van der Waals surface area contributed by atoms with Gasteiger partial charge in [-0.15, -0.1) is 0 Å². The molecule has 3 nitrogen and oxygen atoms in total. The van der Waals surface area contributed by atoms with Crippen LogP contribution in [-0.2, 0) is 4.74 Å². The summed E-state index contributed by atoms with van der Waals surface area (Å²) in [5, 5.41) is 0. The van der Waals surface area contributed by atoms with E-state index < -0.39 is 0 Å². The second-order valence-electron chi connectivity index (χ2n) is 4.11. The van der Waals surface area contributed by atoms with Gasteiger partial charge in [-0.1, -0.05) is 0 Å². The first-order valence-electron chi connectivity index (χ1n) is 5.54. The van der Waals surface area contributed by atoms with Crippen molar-refractivity contribution in [3.63, 3.8) is 0 Å². The van der Waals surface area contributed by atoms with E-state index in [-0.39, 0.29) is 12.4 Å². The zero-order valence-electron chi connectivity index (χ0n) is 9.44. The summed E-state index contributed by atoms with van der Waals surface area (Å²) in [6, 6.07) is 7.10. The van der Waals surface area contributed by atoms with Gasteiger partial charge in [0, 0.05) is 5.56 Å². The first-order valence-corrected chi connectivity index (χ1v) is 5.54. The van der Waals surface area contributed by atoms with E-state index in [9.17, 15) is 4.79 Å². The van der Waals surface area contributed by atoms with Crippen LogP contribution in [0.5, 0.6) is 5.75 Å². The molecule has 3 heteroatoms. The quantitative estimate of drug-likeness (QED) is 0.690. The molecule has 2 rings (SSSR count). The fraction of sp³-hybridized carbons (Fsp3) is 0.462. The Hall–Kier alpha value is -1.35. The van der Waals surface area contributed by atoms with Gasteiger partial charge in [0.15, 0.2) is 5.78 Å². The number of benzene rings is 1. The Balaban J connectivity index is 1.81. The van der Waals surface area contributed by atoms with Crippen molar-refractivity contribution in [3.8, 4) is 5.75 Å². The number of Topliss-reactive ketones (excluding diaryl/α,β-unsaturated/α-hetero) is 1. The Bertz CT molecular complexity index is 352. The van der Waals surface area contributed by atoms with Gasteiger partial charge in [-0.3, -0.25) is 4.79 Å². The lowest BCUT2D eigenvalue weighted by Gasteiger charge is -2.04. The fourth-order valence-electron chi connectivity index (χ4n) is 1.46. The number of rotatable bonds is 6. The van der Waals surface area contributed by atoms with Gasteiger partial charge in [0.25, 0.3) is 0 Å². The molecule has 1 saturated carbocycles. The molecule has 86 valence electrons. The molecule has 0 amide bonds. The summed E-state index contributed by atoms with van der Waals surface area (Å²) in [6.45, 7) is 0.907. The van der Waals surface area contributed by atoms with Gasteiger partial charge >= 0.3 is 0 Å². The molecular weight excluding hydrogens is 204 g/mol. The molecule has 0 spiro atoms. The van der Waals surface area contributed by atoms with Gasteiger partial charge in [-0.2, -0.15) is 0 Å². The molecule has 0 bridgehead atoms. The van der Waals surface area contributed by atoms with Crippen LogP contribution in [0.15, 0.2) is 24.3 Å². The predicted octanol–water partition coefficient (Wildman–Crippen LogP) is 2.30. The van der Waals surface area contributed by atoms with Crippen molar-refractivity contribution in [1.29, 1.82) is 0 Å². The largest absolute Gasteiger partial charge is 0.497 e. The summed E-state index contributed by atoms with van der Waals surface area (Å²) in [7, 11) is 1.61. The highest BCUT2D eigenvalue weighted by molar-refractivity contribution is 5.97. The molecule has 1 aliphatic rings. The minimum absolute atomic E-state index is 0.0308. The van der Waals surface area contributed by atoms with Crippen molar-refractivity contribution in [2.45, 2.75) is 12.8 Å². The molecule has 1 aromatic rings. The maximum Gasteiger partial charge on any atom is 0.188 e. The van der Waals surface area contributed by atoms with E-state index in [0.717, 1.165) is 12.4 Å². The third-order valence-electron chi connectivity index (χ3n) is 2.70. The number of ketones is 1. The monoisotopic (exact) mass is 220 g/mol. The maximum atomic E-state index is 11.7. The van der Waals surface area contributed by atoms with Gasteiger partial charge < -0.3 is 9.47 Å². The van der Waals surface area contributed by atoms with Crippen molar-refractivity contribution < 1.29 is 14.3 Å². The summed E-state index contributed by atoms with van der Waals surface area (Å²) < 4.78 is 10.4. The number of carbonyl (C=O) groups is 1. The molecule has 0 unspecified atom stereocenters. The van der Waals surface area contributed by atoms with E-state index in [1.807, 2.05) is 0 Å². The highest BCUT2D eigenvalue weighted by atomic mass is 16.5. The SMILES string of the molecule is COc1ccc(C(=O)COCC2CC2)cc1. The first-order chi connectivity index (χ1) is 7.79. The van der Waals surface area contributed by atoms with Crippen LogP contribution in [0.25, 0.3) is 0 Å². The number of methoxy groups -OCH3 is 1. The Morgan fingerprint density at radius 1 is 1.31 bits per heavy atom. The molecule has 0 atom stereocenters. The number of carbonyl (C=O) groups excluding carboxylic acids is 1. The van der Waals surface area contributed by atoms with E-state index in [2.05, 4.69) is 0 Å². The molecule has 0 aromatic heterocycles. The summed E-state index contributed by atoms with van der Waals surface area (Å²) in [4.78, 5) is 11.7. The van der Waals surface area contributed by atoms with Crippen LogP contribution < -0.4 is 4.74 Å². The second kappa shape index (κ2) is 5.12. The van der Waals surface area contributed by atoms with E-state index in [0.29, 0.717) is 11.5 Å². The second-order valence-corrected chi connectivity index (χ2v) is 4.11. The Morgan fingerprint density at radius 2 is 2.00 bits per heavy atom. The lowest BCUT2D eigenvalue weighted by atomic mass is 10.1.